The summed E-state index contributed by atoms with van der Waals surface area (Å²) in [6.07, 6.45) is 0.550. The van der Waals surface area contributed by atoms with Crippen molar-refractivity contribution in [3.8, 4) is 0 Å². The molecule has 0 aromatic carbocycles. The second-order valence-corrected chi connectivity index (χ2v) is 7.34. The molecule has 1 unspecified atom stereocenters. The average molecular weight is 257 g/mol. The van der Waals surface area contributed by atoms with Gasteiger partial charge in [0.05, 0.1) is 6.61 Å². The number of aliphatic hydroxyl groups excluding tert-OH is 1. The van der Waals surface area contributed by atoms with Crippen LogP contribution in [-0.2, 0) is 4.74 Å². The number of carbonyl (C=O) groups excluding carboxylic acids is 1. The van der Waals surface area contributed by atoms with E-state index >= 15 is 0 Å². The van der Waals surface area contributed by atoms with Gasteiger partial charge in [0.25, 0.3) is 0 Å². The van der Waals surface area contributed by atoms with Crippen LogP contribution in [0.4, 0.5) is 4.79 Å². The highest BCUT2D eigenvalue weighted by atomic mass is 16.6. The molecule has 4 heteroatoms. The number of amides is 1. The van der Waals surface area contributed by atoms with E-state index < -0.39 is 5.60 Å². The first-order chi connectivity index (χ1) is 8.01. The maximum absolute atomic E-state index is 12.0. The van der Waals surface area contributed by atoms with Gasteiger partial charge in [0.1, 0.15) is 5.60 Å². The number of nitrogens with zero attached hydrogens (tertiary/aromatic N) is 1. The lowest BCUT2D eigenvalue weighted by atomic mass is 9.66. The summed E-state index contributed by atoms with van der Waals surface area (Å²) in [5.74, 6) is 0. The van der Waals surface area contributed by atoms with Crippen LogP contribution in [0.1, 0.15) is 48.0 Å². The van der Waals surface area contributed by atoms with Crippen molar-refractivity contribution in [3.63, 3.8) is 0 Å². The first-order valence-electron chi connectivity index (χ1n) is 6.60. The van der Waals surface area contributed by atoms with E-state index in [1.54, 1.807) is 4.90 Å². The molecule has 18 heavy (non-hydrogen) atoms. The summed E-state index contributed by atoms with van der Waals surface area (Å²) in [4.78, 5) is 13.7. The van der Waals surface area contributed by atoms with Gasteiger partial charge >= 0.3 is 6.09 Å². The van der Waals surface area contributed by atoms with E-state index in [2.05, 4.69) is 20.8 Å². The summed E-state index contributed by atoms with van der Waals surface area (Å²) in [7, 11) is 0. The van der Waals surface area contributed by atoms with E-state index in [1.807, 2.05) is 20.8 Å². The summed E-state index contributed by atoms with van der Waals surface area (Å²) in [6.45, 7) is 13.3. The Kier molecular flexibility index (Phi) is 4.01. The SMILES string of the molecule is CC(C)(C)OC(=O)N1CCC(CO)(C(C)(C)C)C1. The summed E-state index contributed by atoms with van der Waals surface area (Å²) in [5.41, 5.74) is -0.717. The van der Waals surface area contributed by atoms with Gasteiger partial charge < -0.3 is 14.7 Å². The van der Waals surface area contributed by atoms with E-state index in [9.17, 15) is 9.90 Å². The maximum Gasteiger partial charge on any atom is 0.410 e. The van der Waals surface area contributed by atoms with Gasteiger partial charge in [0.15, 0.2) is 0 Å². The molecule has 1 N–H and O–H groups in total. The number of rotatable bonds is 1. The van der Waals surface area contributed by atoms with Gasteiger partial charge in [-0.1, -0.05) is 20.8 Å². The van der Waals surface area contributed by atoms with Crippen LogP contribution >= 0.6 is 0 Å². The fourth-order valence-corrected chi connectivity index (χ4v) is 2.33. The smallest absolute Gasteiger partial charge is 0.410 e. The summed E-state index contributed by atoms with van der Waals surface area (Å²) >= 11 is 0. The van der Waals surface area contributed by atoms with Crippen LogP contribution in [0.5, 0.6) is 0 Å². The molecule has 0 spiro atoms. The van der Waals surface area contributed by atoms with Crippen LogP contribution in [0, 0.1) is 10.8 Å². The summed E-state index contributed by atoms with van der Waals surface area (Å²) < 4.78 is 5.38. The topological polar surface area (TPSA) is 49.8 Å². The monoisotopic (exact) mass is 257 g/mol. The molecule has 0 radical (unpaired) electrons. The number of carbonyl (C=O) groups is 1. The van der Waals surface area contributed by atoms with Crippen LogP contribution in [0.15, 0.2) is 0 Å². The Morgan fingerprint density at radius 2 is 1.83 bits per heavy atom. The minimum atomic E-state index is -0.469. The number of ether oxygens (including phenoxy) is 1. The Bertz CT molecular complexity index is 314. The Labute approximate surface area is 110 Å². The van der Waals surface area contributed by atoms with Gasteiger partial charge in [-0.05, 0) is 32.6 Å². The van der Waals surface area contributed by atoms with Crippen molar-refractivity contribution >= 4 is 6.09 Å². The van der Waals surface area contributed by atoms with Gasteiger partial charge in [0.2, 0.25) is 0 Å². The van der Waals surface area contributed by atoms with Gasteiger partial charge in [-0.2, -0.15) is 0 Å². The molecule has 4 nitrogen and oxygen atoms in total. The Morgan fingerprint density at radius 3 is 2.17 bits per heavy atom. The molecule has 0 aromatic heterocycles. The Balaban J connectivity index is 2.74. The first kappa shape index (κ1) is 15.3. The van der Waals surface area contributed by atoms with E-state index in [1.165, 1.54) is 0 Å². The van der Waals surface area contributed by atoms with Crippen LogP contribution in [0.3, 0.4) is 0 Å². The third-order valence-electron chi connectivity index (χ3n) is 3.90. The molecule has 1 heterocycles. The standard InChI is InChI=1S/C14H27NO3/c1-12(2,3)14(10-16)7-8-15(9-14)11(17)18-13(4,5)6/h16H,7-10H2,1-6H3. The average Bonchev–Trinajstić information content (AvgIpc) is 2.59. The highest BCUT2D eigenvalue weighted by Gasteiger charge is 2.48. The van der Waals surface area contributed by atoms with Crippen LogP contribution in [0.2, 0.25) is 0 Å². The molecule has 1 fully saturated rings. The van der Waals surface area contributed by atoms with Crippen molar-refractivity contribution in [1.82, 2.24) is 4.90 Å². The second-order valence-electron chi connectivity index (χ2n) is 7.34. The molecule has 0 bridgehead atoms. The van der Waals surface area contributed by atoms with Crippen molar-refractivity contribution in [2.24, 2.45) is 10.8 Å². The van der Waals surface area contributed by atoms with E-state index in [0.717, 1.165) is 6.42 Å². The molecule has 106 valence electrons. The Morgan fingerprint density at radius 1 is 1.28 bits per heavy atom. The molecule has 1 saturated heterocycles. The molecular formula is C14H27NO3. The van der Waals surface area contributed by atoms with E-state index in [0.29, 0.717) is 13.1 Å². The lowest BCUT2D eigenvalue weighted by molar-refractivity contribution is 0.00700. The normalized spacial score (nSPS) is 25.4. The largest absolute Gasteiger partial charge is 0.444 e. The molecule has 0 saturated carbocycles. The predicted octanol–water partition coefficient (Wildman–Crippen LogP) is 2.65. The zero-order chi connectivity index (χ0) is 14.2. The number of likely N-dealkylation sites (tertiary alicyclic amines) is 1. The van der Waals surface area contributed by atoms with Crippen LogP contribution in [0.25, 0.3) is 0 Å². The molecule has 1 amide bonds. The fourth-order valence-electron chi connectivity index (χ4n) is 2.33. The van der Waals surface area contributed by atoms with E-state index in [4.69, 9.17) is 4.74 Å². The molecule has 1 atom stereocenters. The van der Waals surface area contributed by atoms with Crippen molar-refractivity contribution in [1.29, 1.82) is 0 Å². The van der Waals surface area contributed by atoms with Crippen LogP contribution < -0.4 is 0 Å². The highest BCUT2D eigenvalue weighted by molar-refractivity contribution is 5.68. The third-order valence-corrected chi connectivity index (χ3v) is 3.90. The minimum Gasteiger partial charge on any atom is -0.444 e. The van der Waals surface area contributed by atoms with Crippen LogP contribution in [-0.4, -0.2) is 41.4 Å². The van der Waals surface area contributed by atoms with Crippen molar-refractivity contribution in [3.05, 3.63) is 0 Å². The van der Waals surface area contributed by atoms with Gasteiger partial charge in [-0.15, -0.1) is 0 Å². The molecule has 1 rings (SSSR count). The van der Waals surface area contributed by atoms with Crippen molar-refractivity contribution < 1.29 is 14.6 Å². The molecular weight excluding hydrogens is 230 g/mol. The maximum atomic E-state index is 12.0. The zero-order valence-electron chi connectivity index (χ0n) is 12.5. The summed E-state index contributed by atoms with van der Waals surface area (Å²) in [6, 6.07) is 0. The minimum absolute atomic E-state index is 0.0293. The lowest BCUT2D eigenvalue weighted by Crippen LogP contribution is -2.43. The number of hydrogen-bond acceptors (Lipinski definition) is 3. The number of aliphatic hydroxyl groups is 1. The predicted molar refractivity (Wildman–Crippen MR) is 71.4 cm³/mol. The Hall–Kier alpha value is -0.770. The molecule has 1 aliphatic rings. The summed E-state index contributed by atoms with van der Waals surface area (Å²) in [5, 5.41) is 9.71. The fraction of sp³-hybridized carbons (Fsp3) is 0.929. The van der Waals surface area contributed by atoms with Gasteiger partial charge in [0, 0.05) is 18.5 Å². The van der Waals surface area contributed by atoms with Gasteiger partial charge in [-0.25, -0.2) is 4.79 Å². The van der Waals surface area contributed by atoms with Crippen molar-refractivity contribution in [2.75, 3.05) is 19.7 Å². The van der Waals surface area contributed by atoms with Gasteiger partial charge in [-0.3, -0.25) is 0 Å². The molecule has 1 aliphatic heterocycles. The quantitative estimate of drug-likeness (QED) is 0.785. The van der Waals surface area contributed by atoms with Crippen molar-refractivity contribution in [2.45, 2.75) is 53.6 Å². The van der Waals surface area contributed by atoms with E-state index in [-0.39, 0.29) is 23.5 Å². The third kappa shape index (κ3) is 3.16. The highest BCUT2D eigenvalue weighted by Crippen LogP contribution is 2.45. The lowest BCUT2D eigenvalue weighted by Gasteiger charge is -2.40. The zero-order valence-corrected chi connectivity index (χ0v) is 12.5. The number of hydrogen-bond donors (Lipinski definition) is 1. The second kappa shape index (κ2) is 4.72. The first-order valence-corrected chi connectivity index (χ1v) is 6.60. The molecule has 0 aliphatic carbocycles. The molecule has 0 aromatic rings.